The molecule has 15 atom stereocenters. The van der Waals surface area contributed by atoms with Crippen molar-refractivity contribution < 1.29 is 59.8 Å². The fourth-order valence-corrected chi connectivity index (χ4v) is 6.13. The zero-order chi connectivity index (χ0) is 24.7. The second kappa shape index (κ2) is 10.9. The zero-order valence-corrected chi connectivity index (χ0v) is 19.2. The molecule has 9 N–H and O–H groups in total. The molecule has 0 spiro atoms. The van der Waals surface area contributed by atoms with Crippen molar-refractivity contribution in [2.24, 2.45) is 11.8 Å². The largest absolute Gasteiger partial charge is 0.427 e. The number of aliphatic hydroxyl groups excluding tert-OH is 8. The number of aliphatic hydroxyl groups is 10. The summed E-state index contributed by atoms with van der Waals surface area (Å²) in [6.07, 6.45) is -11.4. The second-order valence-corrected chi connectivity index (χ2v) is 10.2. The molecule has 4 fully saturated rings. The molecule has 12 heteroatoms. The van der Waals surface area contributed by atoms with Gasteiger partial charge in [-0.1, -0.05) is 0 Å². The second-order valence-electron chi connectivity index (χ2n) is 10.2. The smallest absolute Gasteiger partial charge is 0.187 e. The molecule has 2 aliphatic carbocycles. The van der Waals surface area contributed by atoms with Crippen molar-refractivity contribution in [1.82, 2.24) is 0 Å². The summed E-state index contributed by atoms with van der Waals surface area (Å²) in [7, 11) is 1.45. The summed E-state index contributed by atoms with van der Waals surface area (Å²) in [6, 6.07) is 0. The third-order valence-electron chi connectivity index (χ3n) is 8.06. The van der Waals surface area contributed by atoms with Crippen LogP contribution in [0.25, 0.3) is 0 Å². The summed E-state index contributed by atoms with van der Waals surface area (Å²) >= 11 is 0. The van der Waals surface area contributed by atoms with Crippen molar-refractivity contribution in [2.75, 3.05) is 13.7 Å². The molecule has 12 nitrogen and oxygen atoms in total. The lowest BCUT2D eigenvalue weighted by Crippen LogP contribution is -2.63. The maximum Gasteiger partial charge on any atom is 0.187 e. The number of hydrogen-bond acceptors (Lipinski definition) is 11. The van der Waals surface area contributed by atoms with Gasteiger partial charge in [-0.3, -0.25) is 0 Å². The van der Waals surface area contributed by atoms with Crippen LogP contribution in [0.5, 0.6) is 0 Å². The van der Waals surface area contributed by atoms with Crippen LogP contribution in [0.1, 0.15) is 32.1 Å². The van der Waals surface area contributed by atoms with Crippen LogP contribution >= 0.6 is 0 Å². The highest BCUT2D eigenvalue weighted by atomic mass is 16.7. The van der Waals surface area contributed by atoms with Gasteiger partial charge >= 0.3 is 0 Å². The van der Waals surface area contributed by atoms with Crippen LogP contribution in [0.4, 0.5) is 0 Å². The molecule has 0 amide bonds. The summed E-state index contributed by atoms with van der Waals surface area (Å²) in [6.45, 7) is -0.590. The first-order valence-electron chi connectivity index (χ1n) is 12.1. The Morgan fingerprint density at radius 3 is 2.21 bits per heavy atom. The summed E-state index contributed by atoms with van der Waals surface area (Å²) in [4.78, 5) is 0. The topological polar surface area (TPSA) is 202 Å². The molecule has 0 radical (unpaired) electrons. The van der Waals surface area contributed by atoms with Crippen molar-refractivity contribution >= 4 is 0 Å². The summed E-state index contributed by atoms with van der Waals surface area (Å²) in [5, 5.41) is 81.7. The van der Waals surface area contributed by atoms with E-state index in [4.69, 9.17) is 18.9 Å². The lowest BCUT2D eigenvalue weighted by atomic mass is 9.72. The fourth-order valence-electron chi connectivity index (χ4n) is 6.13. The zero-order valence-electron chi connectivity index (χ0n) is 19.2. The number of ether oxygens (including phenoxy) is 4. The minimum absolute atomic E-state index is 0.216. The average molecular weight is 496 g/mol. The predicted molar refractivity (Wildman–Crippen MR) is 113 cm³/mol. The molecule has 2 saturated carbocycles. The van der Waals surface area contributed by atoms with Crippen molar-refractivity contribution in [2.45, 2.75) is 112 Å². The van der Waals surface area contributed by atoms with Crippen LogP contribution in [-0.4, -0.2) is 139 Å². The van der Waals surface area contributed by atoms with E-state index in [0.717, 1.165) is 0 Å². The normalized spacial score (nSPS) is 54.4. The predicted octanol–water partition coefficient (Wildman–Crippen LogP) is -3.88. The number of methoxy groups -OCH3 is 1. The van der Waals surface area contributed by atoms with E-state index in [1.54, 1.807) is 0 Å². The first-order valence-corrected chi connectivity index (χ1v) is 12.1. The Labute approximate surface area is 197 Å². The molecular formula is C22H39O12+. The molecule has 198 valence electrons. The number of rotatable bonds is 5. The maximum absolute atomic E-state index is 10.6. The van der Waals surface area contributed by atoms with Crippen LogP contribution in [0, 0.1) is 11.8 Å². The minimum Gasteiger partial charge on any atom is -0.427 e. The van der Waals surface area contributed by atoms with Crippen LogP contribution < -0.4 is 0 Å². The van der Waals surface area contributed by atoms with Crippen molar-refractivity contribution in [3.05, 3.63) is 0 Å². The molecule has 4 aliphatic rings. The Balaban J connectivity index is 1.57. The van der Waals surface area contributed by atoms with Crippen LogP contribution in [0.3, 0.4) is 0 Å². The van der Waals surface area contributed by atoms with Gasteiger partial charge in [0.2, 0.25) is 0 Å². The van der Waals surface area contributed by atoms with Crippen LogP contribution in [0.15, 0.2) is 0 Å². The van der Waals surface area contributed by atoms with E-state index < -0.39 is 80.0 Å². The Kier molecular flexibility index (Phi) is 8.50. The first-order chi connectivity index (χ1) is 16.1. The molecule has 10 unspecified atom stereocenters. The number of fused-ring (bicyclic) bond motifs is 1. The molecule has 0 bridgehead atoms. The van der Waals surface area contributed by atoms with E-state index in [9.17, 15) is 40.9 Å². The van der Waals surface area contributed by atoms with Gasteiger partial charge in [0, 0.05) is 25.9 Å². The highest BCUT2D eigenvalue weighted by Crippen LogP contribution is 2.42. The van der Waals surface area contributed by atoms with Crippen LogP contribution in [0.2, 0.25) is 0 Å². The van der Waals surface area contributed by atoms with Gasteiger partial charge < -0.3 is 59.8 Å². The fraction of sp³-hybridized carbons (Fsp3) is 1.00. The van der Waals surface area contributed by atoms with Gasteiger partial charge in [0.25, 0.3) is 0 Å². The first kappa shape index (κ1) is 26.6. The highest BCUT2D eigenvalue weighted by molar-refractivity contribution is 4.99. The van der Waals surface area contributed by atoms with E-state index in [1.807, 2.05) is 0 Å². The standard InChI is InChI=1S/C22H38O12/c1-31-14-3-8(2-12(26)17(14)27)21-15(6-10-11(25)4-9(24)5-13(10)32-21)33-22-20(30)19(29)18(28)16(7-23)34-22/h8-30H,2-7H2,1H3/p+1/t8?,9?,10?,11?,12?,13?,14?,15?,16-,17?,18+,19+,20-,21?,22+/m1/s1. The maximum atomic E-state index is 10.6. The lowest BCUT2D eigenvalue weighted by molar-refractivity contribution is -0.357. The molecular weight excluding hydrogens is 456 g/mol. The SMILES string of the molecule is COC1CC(C2[OH+]C3CC(O)CC(O)C3CC2O[C@H]2O[C@H](CO)[C@H](O)[C@H](O)[C@H]2O)CC(O)C1O. The minimum atomic E-state index is -1.59. The van der Waals surface area contributed by atoms with Gasteiger partial charge in [-0.25, -0.2) is 0 Å². The molecule has 2 saturated heterocycles. The van der Waals surface area contributed by atoms with Crippen molar-refractivity contribution in [3.8, 4) is 0 Å². The van der Waals surface area contributed by atoms with E-state index >= 15 is 0 Å². The Bertz CT molecular complexity index is 666. The number of hydrogen-bond donors (Lipinski definition) is 8. The third kappa shape index (κ3) is 5.15. The van der Waals surface area contributed by atoms with E-state index in [-0.39, 0.29) is 30.8 Å². The molecule has 0 aromatic heterocycles. The highest BCUT2D eigenvalue weighted by Gasteiger charge is 2.55. The Morgan fingerprint density at radius 2 is 1.53 bits per heavy atom. The van der Waals surface area contributed by atoms with Gasteiger partial charge in [-0.05, 0) is 19.3 Å². The van der Waals surface area contributed by atoms with E-state index in [1.165, 1.54) is 7.11 Å². The average Bonchev–Trinajstić information content (AvgIpc) is 2.81. The molecule has 2 heterocycles. The molecule has 0 aromatic rings. The van der Waals surface area contributed by atoms with Crippen molar-refractivity contribution in [1.29, 1.82) is 0 Å². The van der Waals surface area contributed by atoms with Gasteiger partial charge in [-0.2, -0.15) is 0 Å². The van der Waals surface area contributed by atoms with E-state index in [2.05, 4.69) is 0 Å². The van der Waals surface area contributed by atoms with Crippen molar-refractivity contribution in [3.63, 3.8) is 0 Å². The van der Waals surface area contributed by atoms with E-state index in [0.29, 0.717) is 19.3 Å². The molecule has 2 aliphatic heterocycles. The quantitative estimate of drug-likeness (QED) is 0.173. The Morgan fingerprint density at radius 1 is 0.794 bits per heavy atom. The van der Waals surface area contributed by atoms with Gasteiger partial charge in [0.15, 0.2) is 18.5 Å². The van der Waals surface area contributed by atoms with Gasteiger partial charge in [-0.15, -0.1) is 0 Å². The molecule has 0 aromatic carbocycles. The summed E-state index contributed by atoms with van der Waals surface area (Å²) < 4.78 is 21.9. The van der Waals surface area contributed by atoms with Gasteiger partial charge in [0.05, 0.1) is 36.9 Å². The molecule has 4 rings (SSSR count). The summed E-state index contributed by atoms with van der Waals surface area (Å²) in [5.74, 6) is -0.567. The molecule has 34 heavy (non-hydrogen) atoms. The third-order valence-corrected chi connectivity index (χ3v) is 8.06. The summed E-state index contributed by atoms with van der Waals surface area (Å²) in [5.41, 5.74) is 0. The monoisotopic (exact) mass is 495 g/mol. The van der Waals surface area contributed by atoms with Gasteiger partial charge in [0.1, 0.15) is 36.6 Å². The van der Waals surface area contributed by atoms with Crippen LogP contribution in [-0.2, 0) is 14.2 Å². The lowest BCUT2D eigenvalue weighted by Gasteiger charge is -2.49. The Hall–Kier alpha value is -0.480.